The first-order valence-corrected chi connectivity index (χ1v) is 7.31. The van der Waals surface area contributed by atoms with E-state index in [2.05, 4.69) is 6.92 Å². The fraction of sp³-hybridized carbons (Fsp3) is 0.500. The van der Waals surface area contributed by atoms with Crippen molar-refractivity contribution < 1.29 is 28.9 Å². The van der Waals surface area contributed by atoms with Crippen molar-refractivity contribution in [2.45, 2.75) is 19.8 Å². The smallest absolute Gasteiger partial charge is 0.339 e. The molecule has 6 nitrogen and oxygen atoms in total. The van der Waals surface area contributed by atoms with Crippen molar-refractivity contribution in [3.63, 3.8) is 0 Å². The van der Waals surface area contributed by atoms with Crippen LogP contribution in [0.3, 0.4) is 0 Å². The molecule has 1 aromatic carbocycles. The topological polar surface area (TPSA) is 82.1 Å². The maximum absolute atomic E-state index is 11.8. The van der Waals surface area contributed by atoms with Crippen molar-refractivity contribution in [3.05, 3.63) is 35.4 Å². The SMILES string of the molecule is CCCCOCCOCCOC(=O)c1ccccc1C(=O)O. The Kier molecular flexibility index (Phi) is 8.86. The summed E-state index contributed by atoms with van der Waals surface area (Å²) >= 11 is 0. The molecule has 122 valence electrons. The molecule has 0 saturated carbocycles. The van der Waals surface area contributed by atoms with E-state index in [1.165, 1.54) is 12.1 Å². The number of benzene rings is 1. The van der Waals surface area contributed by atoms with E-state index < -0.39 is 11.9 Å². The Morgan fingerprint density at radius 1 is 0.955 bits per heavy atom. The molecular formula is C16H22O6. The molecule has 0 aromatic heterocycles. The Labute approximate surface area is 130 Å². The number of rotatable bonds is 11. The summed E-state index contributed by atoms with van der Waals surface area (Å²) in [5, 5.41) is 9.00. The molecule has 0 bridgehead atoms. The zero-order chi connectivity index (χ0) is 16.2. The molecule has 0 aliphatic rings. The first-order chi connectivity index (χ1) is 10.7. The summed E-state index contributed by atoms with van der Waals surface area (Å²) in [5.74, 6) is -1.83. The summed E-state index contributed by atoms with van der Waals surface area (Å²) in [7, 11) is 0. The van der Waals surface area contributed by atoms with Gasteiger partial charge in [-0.25, -0.2) is 9.59 Å². The number of carboxylic acid groups (broad SMARTS) is 1. The van der Waals surface area contributed by atoms with Gasteiger partial charge in [0.25, 0.3) is 0 Å². The van der Waals surface area contributed by atoms with Gasteiger partial charge in [-0.1, -0.05) is 25.5 Å². The van der Waals surface area contributed by atoms with Crippen molar-refractivity contribution in [3.8, 4) is 0 Å². The van der Waals surface area contributed by atoms with Gasteiger partial charge in [0, 0.05) is 6.61 Å². The van der Waals surface area contributed by atoms with E-state index in [1.807, 2.05) is 0 Å². The molecule has 1 N–H and O–H groups in total. The van der Waals surface area contributed by atoms with E-state index in [0.717, 1.165) is 19.4 Å². The Balaban J connectivity index is 2.20. The largest absolute Gasteiger partial charge is 0.478 e. The molecule has 1 aromatic rings. The molecule has 0 spiro atoms. The van der Waals surface area contributed by atoms with Crippen LogP contribution in [-0.4, -0.2) is 50.1 Å². The number of esters is 1. The van der Waals surface area contributed by atoms with E-state index in [0.29, 0.717) is 13.2 Å². The average Bonchev–Trinajstić information content (AvgIpc) is 2.53. The number of hydrogen-bond donors (Lipinski definition) is 1. The van der Waals surface area contributed by atoms with Crippen molar-refractivity contribution in [2.24, 2.45) is 0 Å². The van der Waals surface area contributed by atoms with Gasteiger partial charge in [0.15, 0.2) is 0 Å². The summed E-state index contributed by atoms with van der Waals surface area (Å²) in [6.07, 6.45) is 2.12. The molecular weight excluding hydrogens is 288 g/mol. The van der Waals surface area contributed by atoms with Crippen LogP contribution in [0.15, 0.2) is 24.3 Å². The van der Waals surface area contributed by atoms with E-state index in [-0.39, 0.29) is 24.3 Å². The summed E-state index contributed by atoms with van der Waals surface area (Å²) in [6, 6.07) is 5.94. The predicted octanol–water partition coefficient (Wildman–Crippen LogP) is 2.37. The van der Waals surface area contributed by atoms with Gasteiger partial charge in [-0.05, 0) is 18.6 Å². The number of hydrogen-bond acceptors (Lipinski definition) is 5. The zero-order valence-corrected chi connectivity index (χ0v) is 12.7. The highest BCUT2D eigenvalue weighted by Gasteiger charge is 2.16. The second kappa shape index (κ2) is 10.8. The lowest BCUT2D eigenvalue weighted by molar-refractivity contribution is 0.0141. The van der Waals surface area contributed by atoms with Crippen LogP contribution in [-0.2, 0) is 14.2 Å². The number of carboxylic acids is 1. The Morgan fingerprint density at radius 2 is 1.55 bits per heavy atom. The zero-order valence-electron chi connectivity index (χ0n) is 12.7. The molecule has 0 atom stereocenters. The van der Waals surface area contributed by atoms with Crippen molar-refractivity contribution in [1.82, 2.24) is 0 Å². The Bertz CT molecular complexity index is 471. The van der Waals surface area contributed by atoms with Crippen LogP contribution >= 0.6 is 0 Å². The van der Waals surface area contributed by atoms with Gasteiger partial charge < -0.3 is 19.3 Å². The molecule has 0 fully saturated rings. The van der Waals surface area contributed by atoms with E-state index >= 15 is 0 Å². The second-order valence-electron chi connectivity index (χ2n) is 4.56. The third kappa shape index (κ3) is 6.69. The number of unbranched alkanes of at least 4 members (excludes halogenated alkanes) is 1. The fourth-order valence-electron chi connectivity index (χ4n) is 1.69. The third-order valence-electron chi connectivity index (χ3n) is 2.85. The van der Waals surface area contributed by atoms with Crippen molar-refractivity contribution >= 4 is 11.9 Å². The molecule has 0 unspecified atom stereocenters. The maximum atomic E-state index is 11.8. The molecule has 22 heavy (non-hydrogen) atoms. The highest BCUT2D eigenvalue weighted by molar-refractivity contribution is 6.02. The van der Waals surface area contributed by atoms with Gasteiger partial charge >= 0.3 is 11.9 Å². The Hall–Kier alpha value is -1.92. The molecule has 0 radical (unpaired) electrons. The lowest BCUT2D eigenvalue weighted by atomic mass is 10.1. The van der Waals surface area contributed by atoms with Crippen molar-refractivity contribution in [1.29, 1.82) is 0 Å². The van der Waals surface area contributed by atoms with E-state index in [1.54, 1.807) is 12.1 Å². The normalized spacial score (nSPS) is 10.4. The van der Waals surface area contributed by atoms with Gasteiger partial charge in [0.1, 0.15) is 6.61 Å². The van der Waals surface area contributed by atoms with Gasteiger partial charge in [0.2, 0.25) is 0 Å². The molecule has 0 aliphatic heterocycles. The average molecular weight is 310 g/mol. The van der Waals surface area contributed by atoms with Crippen LogP contribution in [0.2, 0.25) is 0 Å². The predicted molar refractivity (Wildman–Crippen MR) is 80.2 cm³/mol. The minimum atomic E-state index is -1.16. The highest BCUT2D eigenvalue weighted by atomic mass is 16.6. The fourth-order valence-corrected chi connectivity index (χ4v) is 1.69. The van der Waals surface area contributed by atoms with E-state index in [4.69, 9.17) is 19.3 Å². The third-order valence-corrected chi connectivity index (χ3v) is 2.85. The monoisotopic (exact) mass is 310 g/mol. The molecule has 0 saturated heterocycles. The molecule has 0 aliphatic carbocycles. The summed E-state index contributed by atoms with van der Waals surface area (Å²) in [5.41, 5.74) is -0.0318. The quantitative estimate of drug-likeness (QED) is 0.499. The number of carbonyl (C=O) groups excluding carboxylic acids is 1. The minimum Gasteiger partial charge on any atom is -0.478 e. The van der Waals surface area contributed by atoms with Crippen LogP contribution < -0.4 is 0 Å². The van der Waals surface area contributed by atoms with E-state index in [9.17, 15) is 9.59 Å². The lowest BCUT2D eigenvalue weighted by Gasteiger charge is -2.08. The van der Waals surface area contributed by atoms with Gasteiger partial charge in [-0.3, -0.25) is 0 Å². The molecule has 6 heteroatoms. The van der Waals surface area contributed by atoms with Crippen LogP contribution in [0.1, 0.15) is 40.5 Å². The highest BCUT2D eigenvalue weighted by Crippen LogP contribution is 2.10. The second-order valence-corrected chi connectivity index (χ2v) is 4.56. The first kappa shape index (κ1) is 18.1. The van der Waals surface area contributed by atoms with Gasteiger partial charge in [-0.2, -0.15) is 0 Å². The van der Waals surface area contributed by atoms with Crippen LogP contribution in [0.5, 0.6) is 0 Å². The molecule has 1 rings (SSSR count). The summed E-state index contributed by atoms with van der Waals surface area (Å²) < 4.78 is 15.6. The summed E-state index contributed by atoms with van der Waals surface area (Å²) in [4.78, 5) is 22.8. The standard InChI is InChI=1S/C16H22O6/c1-2-3-8-20-9-10-21-11-12-22-16(19)14-7-5-4-6-13(14)15(17)18/h4-7H,2-3,8-12H2,1H3,(H,17,18). The lowest BCUT2D eigenvalue weighted by Crippen LogP contribution is -2.15. The number of aromatic carboxylic acids is 1. The number of ether oxygens (including phenoxy) is 3. The maximum Gasteiger partial charge on any atom is 0.339 e. The molecule has 0 amide bonds. The molecule has 0 heterocycles. The first-order valence-electron chi connectivity index (χ1n) is 7.31. The van der Waals surface area contributed by atoms with Crippen LogP contribution in [0.25, 0.3) is 0 Å². The Morgan fingerprint density at radius 3 is 2.18 bits per heavy atom. The van der Waals surface area contributed by atoms with Crippen LogP contribution in [0.4, 0.5) is 0 Å². The van der Waals surface area contributed by atoms with Gasteiger partial charge in [0.05, 0.1) is 30.9 Å². The van der Waals surface area contributed by atoms with Gasteiger partial charge in [-0.15, -0.1) is 0 Å². The minimum absolute atomic E-state index is 0.0397. The number of carbonyl (C=O) groups is 2. The van der Waals surface area contributed by atoms with Crippen molar-refractivity contribution in [2.75, 3.05) is 33.0 Å². The van der Waals surface area contributed by atoms with Crippen LogP contribution in [0, 0.1) is 0 Å². The summed E-state index contributed by atoms with van der Waals surface area (Å²) in [6.45, 7) is 4.08.